The minimum Gasteiger partial charge on any atom is -0.436 e. The van der Waals surface area contributed by atoms with E-state index in [0.717, 1.165) is 34.3 Å². The van der Waals surface area contributed by atoms with Gasteiger partial charge >= 0.3 is 0 Å². The fourth-order valence-corrected chi connectivity index (χ4v) is 5.12. The van der Waals surface area contributed by atoms with E-state index < -0.39 is 0 Å². The number of rotatable bonds is 4. The van der Waals surface area contributed by atoms with Gasteiger partial charge in [-0.1, -0.05) is 67.6 Å². The van der Waals surface area contributed by atoms with E-state index >= 15 is 0 Å². The molecule has 5 aromatic carbocycles. The summed E-state index contributed by atoms with van der Waals surface area (Å²) in [7, 11) is 0. The highest BCUT2D eigenvalue weighted by atomic mass is 16.3. The van der Waals surface area contributed by atoms with Gasteiger partial charge in [-0.2, -0.15) is 0 Å². The van der Waals surface area contributed by atoms with E-state index in [2.05, 4.69) is 107 Å². The molecule has 0 aliphatic rings. The van der Waals surface area contributed by atoms with Crippen LogP contribution in [0.3, 0.4) is 0 Å². The zero-order chi connectivity index (χ0) is 24.1. The van der Waals surface area contributed by atoms with Gasteiger partial charge in [-0.05, 0) is 77.7 Å². The highest BCUT2D eigenvalue weighted by Crippen LogP contribution is 2.34. The van der Waals surface area contributed by atoms with Crippen LogP contribution in [-0.4, -0.2) is 9.55 Å². The van der Waals surface area contributed by atoms with Crippen LogP contribution in [0.15, 0.2) is 120 Å². The topological polar surface area (TPSA) is 31.0 Å². The fourth-order valence-electron chi connectivity index (χ4n) is 5.12. The predicted molar refractivity (Wildman–Crippen MR) is 149 cm³/mol. The fraction of sp³-hybridized carbons (Fsp3) is 0.0606. The number of para-hydroxylation sites is 3. The summed E-state index contributed by atoms with van der Waals surface area (Å²) in [6, 6.07) is 40.6. The molecule has 0 saturated carbocycles. The first-order valence-corrected chi connectivity index (χ1v) is 12.4. The predicted octanol–water partition coefficient (Wildman–Crippen LogP) is 8.82. The molecule has 0 atom stereocenters. The lowest BCUT2D eigenvalue weighted by Gasteiger charge is -2.10. The number of hydrogen-bond donors (Lipinski definition) is 0. The monoisotopic (exact) mass is 464 g/mol. The summed E-state index contributed by atoms with van der Waals surface area (Å²) in [5.74, 6) is 0.649. The van der Waals surface area contributed by atoms with E-state index in [-0.39, 0.29) is 0 Å². The van der Waals surface area contributed by atoms with Crippen molar-refractivity contribution in [2.45, 2.75) is 13.3 Å². The summed E-state index contributed by atoms with van der Waals surface area (Å²) in [6.45, 7) is 2.21. The normalized spacial score (nSPS) is 11.6. The first-order valence-electron chi connectivity index (χ1n) is 12.4. The third-order valence-electron chi connectivity index (χ3n) is 7.03. The number of nitrogens with zero attached hydrogens (tertiary/aromatic N) is 2. The zero-order valence-electron chi connectivity index (χ0n) is 20.0. The molecule has 0 unspecified atom stereocenters. The van der Waals surface area contributed by atoms with E-state index in [1.54, 1.807) is 0 Å². The van der Waals surface area contributed by atoms with Crippen molar-refractivity contribution in [2.75, 3.05) is 0 Å². The molecule has 3 heteroatoms. The lowest BCUT2D eigenvalue weighted by molar-refractivity contribution is 0.620. The van der Waals surface area contributed by atoms with Crippen LogP contribution >= 0.6 is 0 Å². The SMILES string of the molecule is CCc1ccc2c(c1)c1ccccc1n2-c1ccc(-c2ccc(-c3nc4ccccc4o3)cc2)cc1. The Kier molecular flexibility index (Phi) is 4.74. The molecule has 0 aliphatic heterocycles. The summed E-state index contributed by atoms with van der Waals surface area (Å²) in [5.41, 5.74) is 10.0. The zero-order valence-corrected chi connectivity index (χ0v) is 20.0. The van der Waals surface area contributed by atoms with Gasteiger partial charge in [0.1, 0.15) is 5.52 Å². The second-order valence-electron chi connectivity index (χ2n) is 9.17. The molecular formula is C33H24N2O. The Hall–Kier alpha value is -4.63. The lowest BCUT2D eigenvalue weighted by Crippen LogP contribution is -1.94. The van der Waals surface area contributed by atoms with E-state index in [9.17, 15) is 0 Å². The van der Waals surface area contributed by atoms with Crippen molar-refractivity contribution in [2.24, 2.45) is 0 Å². The molecule has 0 amide bonds. The third kappa shape index (κ3) is 3.32. The Morgan fingerprint density at radius 2 is 1.31 bits per heavy atom. The highest BCUT2D eigenvalue weighted by molar-refractivity contribution is 6.09. The molecule has 7 rings (SSSR count). The Labute approximate surface area is 209 Å². The molecule has 0 saturated heterocycles. The number of fused-ring (bicyclic) bond motifs is 4. The van der Waals surface area contributed by atoms with Crippen molar-refractivity contribution in [3.63, 3.8) is 0 Å². The average molecular weight is 465 g/mol. The van der Waals surface area contributed by atoms with Crippen LogP contribution in [0, 0.1) is 0 Å². The number of oxazole rings is 1. The molecule has 0 N–H and O–H groups in total. The summed E-state index contributed by atoms with van der Waals surface area (Å²) in [6.07, 6.45) is 1.04. The Bertz CT molecular complexity index is 1820. The van der Waals surface area contributed by atoms with Crippen molar-refractivity contribution in [1.29, 1.82) is 0 Å². The van der Waals surface area contributed by atoms with Gasteiger partial charge in [0, 0.05) is 22.0 Å². The van der Waals surface area contributed by atoms with Crippen LogP contribution in [-0.2, 0) is 6.42 Å². The Morgan fingerprint density at radius 3 is 2.08 bits per heavy atom. The molecule has 0 radical (unpaired) electrons. The first kappa shape index (κ1) is 20.7. The van der Waals surface area contributed by atoms with Crippen molar-refractivity contribution in [3.05, 3.63) is 121 Å². The van der Waals surface area contributed by atoms with E-state index in [1.807, 2.05) is 24.3 Å². The molecule has 3 nitrogen and oxygen atoms in total. The molecular weight excluding hydrogens is 440 g/mol. The summed E-state index contributed by atoms with van der Waals surface area (Å²) >= 11 is 0. The molecule has 0 bridgehead atoms. The maximum absolute atomic E-state index is 5.93. The molecule has 2 heterocycles. The number of benzene rings is 5. The van der Waals surface area contributed by atoms with Crippen LogP contribution < -0.4 is 0 Å². The number of aromatic nitrogens is 2. The van der Waals surface area contributed by atoms with Gasteiger partial charge in [-0.15, -0.1) is 0 Å². The van der Waals surface area contributed by atoms with Crippen LogP contribution in [0.25, 0.3) is 61.2 Å². The minimum atomic E-state index is 0.649. The Morgan fingerprint density at radius 1 is 0.639 bits per heavy atom. The maximum atomic E-state index is 5.93. The van der Waals surface area contributed by atoms with Gasteiger partial charge in [-0.25, -0.2) is 4.98 Å². The molecule has 0 fully saturated rings. The Balaban J connectivity index is 1.25. The van der Waals surface area contributed by atoms with Gasteiger partial charge in [0.15, 0.2) is 5.58 Å². The maximum Gasteiger partial charge on any atom is 0.227 e. The summed E-state index contributed by atoms with van der Waals surface area (Å²) in [5, 5.41) is 2.60. The first-order chi connectivity index (χ1) is 17.8. The van der Waals surface area contributed by atoms with Crippen molar-refractivity contribution < 1.29 is 4.42 Å². The van der Waals surface area contributed by atoms with Crippen molar-refractivity contribution in [1.82, 2.24) is 9.55 Å². The quantitative estimate of drug-likeness (QED) is 0.260. The third-order valence-corrected chi connectivity index (χ3v) is 7.03. The average Bonchev–Trinajstić information content (AvgIpc) is 3.52. The second kappa shape index (κ2) is 8.24. The second-order valence-corrected chi connectivity index (χ2v) is 9.17. The van der Waals surface area contributed by atoms with Crippen molar-refractivity contribution in [3.8, 4) is 28.3 Å². The smallest absolute Gasteiger partial charge is 0.227 e. The molecule has 2 aromatic heterocycles. The van der Waals surface area contributed by atoms with E-state index in [4.69, 9.17) is 4.42 Å². The number of aryl methyl sites for hydroxylation is 1. The standard InChI is InChI=1S/C33H24N2O/c1-2-22-11-20-31-28(21-22)27-7-3-5-9-30(27)35(31)26-18-16-24(17-19-26)23-12-14-25(15-13-23)33-34-29-8-4-6-10-32(29)36-33/h3-21H,2H2,1H3. The largest absolute Gasteiger partial charge is 0.436 e. The van der Waals surface area contributed by atoms with Gasteiger partial charge in [0.05, 0.1) is 11.0 Å². The van der Waals surface area contributed by atoms with Gasteiger partial charge in [0.2, 0.25) is 5.89 Å². The summed E-state index contributed by atoms with van der Waals surface area (Å²) < 4.78 is 8.29. The van der Waals surface area contributed by atoms with E-state index in [0.29, 0.717) is 5.89 Å². The van der Waals surface area contributed by atoms with Crippen molar-refractivity contribution >= 4 is 32.9 Å². The van der Waals surface area contributed by atoms with Gasteiger partial charge in [0.25, 0.3) is 0 Å². The highest BCUT2D eigenvalue weighted by Gasteiger charge is 2.13. The lowest BCUT2D eigenvalue weighted by atomic mass is 10.0. The van der Waals surface area contributed by atoms with Crippen LogP contribution in [0.5, 0.6) is 0 Å². The molecule has 0 aliphatic carbocycles. The van der Waals surface area contributed by atoms with Crippen LogP contribution in [0.2, 0.25) is 0 Å². The molecule has 7 aromatic rings. The number of hydrogen-bond acceptors (Lipinski definition) is 2. The van der Waals surface area contributed by atoms with Crippen LogP contribution in [0.4, 0.5) is 0 Å². The molecule has 0 spiro atoms. The molecule has 36 heavy (non-hydrogen) atoms. The van der Waals surface area contributed by atoms with Gasteiger partial charge < -0.3 is 8.98 Å². The molecule has 172 valence electrons. The van der Waals surface area contributed by atoms with Crippen LogP contribution in [0.1, 0.15) is 12.5 Å². The van der Waals surface area contributed by atoms with Gasteiger partial charge in [-0.3, -0.25) is 0 Å². The minimum absolute atomic E-state index is 0.649. The van der Waals surface area contributed by atoms with E-state index in [1.165, 1.54) is 32.9 Å². The summed E-state index contributed by atoms with van der Waals surface area (Å²) in [4.78, 5) is 4.62.